The molecule has 0 aliphatic heterocycles. The molecule has 7 heteroatoms. The van der Waals surface area contributed by atoms with Crippen molar-refractivity contribution in [2.45, 2.75) is 19.4 Å². The van der Waals surface area contributed by atoms with E-state index in [0.717, 1.165) is 0 Å². The zero-order valence-electron chi connectivity index (χ0n) is 12.7. The molecule has 122 valence electrons. The monoisotopic (exact) mass is 330 g/mol. The summed E-state index contributed by atoms with van der Waals surface area (Å²) in [7, 11) is 3.03. The zero-order chi connectivity index (χ0) is 16.5. The highest BCUT2D eigenvalue weighted by molar-refractivity contribution is 6.31. The second-order valence-corrected chi connectivity index (χ2v) is 5.31. The van der Waals surface area contributed by atoms with Crippen molar-refractivity contribution in [1.29, 1.82) is 0 Å². The minimum Gasteiger partial charge on any atom is -0.469 e. The number of carbonyl (C=O) groups is 2. The highest BCUT2D eigenvalue weighted by atomic mass is 35.5. The lowest BCUT2D eigenvalue weighted by Gasteiger charge is -2.17. The van der Waals surface area contributed by atoms with Crippen molar-refractivity contribution in [3.8, 4) is 0 Å². The Hall–Kier alpha value is -1.66. The summed E-state index contributed by atoms with van der Waals surface area (Å²) in [6, 6.07) is 4.48. The lowest BCUT2D eigenvalue weighted by Crippen LogP contribution is -2.35. The molecule has 5 nitrogen and oxygen atoms in total. The number of nitrogens with one attached hydrogen (secondary N) is 1. The summed E-state index contributed by atoms with van der Waals surface area (Å²) in [5.74, 6) is -0.891. The average molecular weight is 331 g/mol. The molecule has 1 aromatic carbocycles. The maximum Gasteiger partial charge on any atom is 0.305 e. The summed E-state index contributed by atoms with van der Waals surface area (Å²) in [5.41, 5.74) is 0.366. The minimum atomic E-state index is -0.391. The second kappa shape index (κ2) is 9.38. The number of hydrogen-bond donors (Lipinski definition) is 1. The van der Waals surface area contributed by atoms with E-state index >= 15 is 0 Å². The molecule has 0 unspecified atom stereocenters. The normalized spacial score (nSPS) is 10.6. The Kier molecular flexibility index (Phi) is 7.84. The average Bonchev–Trinajstić information content (AvgIpc) is 2.47. The Morgan fingerprint density at radius 2 is 2.14 bits per heavy atom. The number of likely N-dealkylation sites (N-methyl/N-ethyl adjacent to an activating group) is 1. The van der Waals surface area contributed by atoms with Gasteiger partial charge in [-0.2, -0.15) is 0 Å². The van der Waals surface area contributed by atoms with Gasteiger partial charge in [-0.05, 0) is 25.6 Å². The summed E-state index contributed by atoms with van der Waals surface area (Å²) >= 11 is 5.94. The molecule has 0 radical (unpaired) electrons. The first-order valence-electron chi connectivity index (χ1n) is 6.89. The Bertz CT molecular complexity index is 505. The predicted molar refractivity (Wildman–Crippen MR) is 82.0 cm³/mol. The maximum absolute atomic E-state index is 13.7. The van der Waals surface area contributed by atoms with Gasteiger partial charge in [-0.3, -0.25) is 14.5 Å². The van der Waals surface area contributed by atoms with Crippen LogP contribution in [0.3, 0.4) is 0 Å². The number of nitrogens with zero attached hydrogens (tertiary/aromatic N) is 1. The van der Waals surface area contributed by atoms with Gasteiger partial charge in [0.2, 0.25) is 5.91 Å². The van der Waals surface area contributed by atoms with Gasteiger partial charge in [0.15, 0.2) is 0 Å². The van der Waals surface area contributed by atoms with Crippen LogP contribution in [0.4, 0.5) is 4.39 Å². The van der Waals surface area contributed by atoms with Gasteiger partial charge in [0.1, 0.15) is 5.82 Å². The minimum absolute atomic E-state index is 0.114. The van der Waals surface area contributed by atoms with Crippen LogP contribution in [0.25, 0.3) is 0 Å². The number of carbonyl (C=O) groups excluding carboxylic acids is 2. The van der Waals surface area contributed by atoms with Gasteiger partial charge in [0, 0.05) is 30.1 Å². The van der Waals surface area contributed by atoms with Crippen molar-refractivity contribution in [1.82, 2.24) is 10.2 Å². The molecular weight excluding hydrogens is 311 g/mol. The number of esters is 1. The van der Waals surface area contributed by atoms with Crippen molar-refractivity contribution < 1.29 is 18.7 Å². The second-order valence-electron chi connectivity index (χ2n) is 4.90. The van der Waals surface area contributed by atoms with Crippen molar-refractivity contribution in [2.24, 2.45) is 0 Å². The van der Waals surface area contributed by atoms with Crippen molar-refractivity contribution in [3.05, 3.63) is 34.6 Å². The van der Waals surface area contributed by atoms with Gasteiger partial charge in [0.25, 0.3) is 0 Å². The largest absolute Gasteiger partial charge is 0.469 e. The van der Waals surface area contributed by atoms with Crippen LogP contribution in [0, 0.1) is 5.82 Å². The summed E-state index contributed by atoms with van der Waals surface area (Å²) < 4.78 is 18.2. The molecule has 1 aromatic rings. The van der Waals surface area contributed by atoms with Crippen molar-refractivity contribution in [3.63, 3.8) is 0 Å². The fourth-order valence-corrected chi connectivity index (χ4v) is 2.10. The fourth-order valence-electron chi connectivity index (χ4n) is 1.87. The number of benzene rings is 1. The number of amides is 1. The van der Waals surface area contributed by atoms with E-state index in [1.807, 2.05) is 0 Å². The summed E-state index contributed by atoms with van der Waals surface area (Å²) in [6.45, 7) is 0.742. The first-order valence-corrected chi connectivity index (χ1v) is 7.26. The standard InChI is InChI=1S/C15H20ClFN2O3/c1-19(9-11-12(16)5-3-6-13(11)17)10-14(20)18-8-4-7-15(21)22-2/h3,5-6H,4,7-10H2,1-2H3,(H,18,20). The molecule has 1 rings (SSSR count). The van der Waals surface area contributed by atoms with Gasteiger partial charge in [0.05, 0.1) is 13.7 Å². The van der Waals surface area contributed by atoms with Crippen LogP contribution >= 0.6 is 11.6 Å². The molecule has 0 bridgehead atoms. The molecule has 0 heterocycles. The summed E-state index contributed by atoms with van der Waals surface area (Å²) in [5, 5.41) is 3.03. The summed E-state index contributed by atoms with van der Waals surface area (Å²) in [6.07, 6.45) is 0.777. The van der Waals surface area contributed by atoms with E-state index in [1.165, 1.54) is 19.2 Å². The van der Waals surface area contributed by atoms with Crippen LogP contribution in [0.2, 0.25) is 5.02 Å². The van der Waals surface area contributed by atoms with Crippen LogP contribution in [0.15, 0.2) is 18.2 Å². The van der Waals surface area contributed by atoms with Crippen LogP contribution in [0.5, 0.6) is 0 Å². The van der Waals surface area contributed by atoms with E-state index in [2.05, 4.69) is 10.1 Å². The first kappa shape index (κ1) is 18.4. The fraction of sp³-hybridized carbons (Fsp3) is 0.467. The Morgan fingerprint density at radius 1 is 1.41 bits per heavy atom. The van der Waals surface area contributed by atoms with Gasteiger partial charge in [-0.25, -0.2) is 4.39 Å². The van der Waals surface area contributed by atoms with E-state index in [9.17, 15) is 14.0 Å². The van der Waals surface area contributed by atoms with Crippen LogP contribution < -0.4 is 5.32 Å². The smallest absolute Gasteiger partial charge is 0.305 e. The number of hydrogen-bond acceptors (Lipinski definition) is 4. The van der Waals surface area contributed by atoms with Gasteiger partial charge in [-0.1, -0.05) is 17.7 Å². The van der Waals surface area contributed by atoms with Crippen LogP contribution in [-0.2, 0) is 20.9 Å². The van der Waals surface area contributed by atoms with Gasteiger partial charge < -0.3 is 10.1 Å². The maximum atomic E-state index is 13.7. The van der Waals surface area contributed by atoms with Gasteiger partial charge >= 0.3 is 5.97 Å². The van der Waals surface area contributed by atoms with Crippen LogP contribution in [0.1, 0.15) is 18.4 Å². The molecule has 0 spiro atoms. The lowest BCUT2D eigenvalue weighted by atomic mass is 10.2. The SMILES string of the molecule is COC(=O)CCCNC(=O)CN(C)Cc1c(F)cccc1Cl. The summed E-state index contributed by atoms with van der Waals surface area (Å²) in [4.78, 5) is 24.3. The van der Waals surface area contributed by atoms with E-state index in [1.54, 1.807) is 18.0 Å². The third kappa shape index (κ3) is 6.41. The predicted octanol–water partition coefficient (Wildman–Crippen LogP) is 1.98. The molecule has 0 fully saturated rings. The third-order valence-corrected chi connectivity index (χ3v) is 3.36. The number of methoxy groups -OCH3 is 1. The van der Waals surface area contributed by atoms with Crippen molar-refractivity contribution >= 4 is 23.5 Å². The quantitative estimate of drug-likeness (QED) is 0.585. The van der Waals surface area contributed by atoms with E-state index in [4.69, 9.17) is 11.6 Å². The number of halogens is 2. The molecule has 0 atom stereocenters. The zero-order valence-corrected chi connectivity index (χ0v) is 13.5. The number of rotatable bonds is 8. The Labute approximate surface area is 134 Å². The molecule has 0 aliphatic rings. The molecule has 0 saturated carbocycles. The molecule has 1 amide bonds. The molecule has 22 heavy (non-hydrogen) atoms. The Balaban J connectivity index is 2.34. The molecule has 0 saturated heterocycles. The van der Waals surface area contributed by atoms with Gasteiger partial charge in [-0.15, -0.1) is 0 Å². The molecule has 0 aliphatic carbocycles. The number of ether oxygens (including phenoxy) is 1. The highest BCUT2D eigenvalue weighted by Gasteiger charge is 2.12. The topological polar surface area (TPSA) is 58.6 Å². The first-order chi connectivity index (χ1) is 10.4. The molecular formula is C15H20ClFN2O3. The third-order valence-electron chi connectivity index (χ3n) is 3.01. The van der Waals surface area contributed by atoms with E-state index in [-0.39, 0.29) is 31.4 Å². The van der Waals surface area contributed by atoms with E-state index in [0.29, 0.717) is 23.6 Å². The van der Waals surface area contributed by atoms with Crippen LogP contribution in [-0.4, -0.2) is 44.0 Å². The molecule has 0 aromatic heterocycles. The Morgan fingerprint density at radius 3 is 2.77 bits per heavy atom. The van der Waals surface area contributed by atoms with Crippen molar-refractivity contribution in [2.75, 3.05) is 27.2 Å². The molecule has 1 N–H and O–H groups in total. The highest BCUT2D eigenvalue weighted by Crippen LogP contribution is 2.20. The van der Waals surface area contributed by atoms with E-state index < -0.39 is 5.82 Å². The lowest BCUT2D eigenvalue weighted by molar-refractivity contribution is -0.140.